The van der Waals surface area contributed by atoms with Gasteiger partial charge in [0.25, 0.3) is 0 Å². The van der Waals surface area contributed by atoms with Crippen LogP contribution in [0.2, 0.25) is 0 Å². The molecule has 0 aromatic carbocycles. The van der Waals surface area contributed by atoms with Gasteiger partial charge in [-0.2, -0.15) is 0 Å². The van der Waals surface area contributed by atoms with E-state index in [1.807, 2.05) is 6.92 Å². The quantitative estimate of drug-likeness (QED) is 0.515. The Bertz CT molecular complexity index is 156. The maximum absolute atomic E-state index is 10.3. The summed E-state index contributed by atoms with van der Waals surface area (Å²) in [6, 6.07) is 0. The normalized spacial score (nSPS) is 12.3. The van der Waals surface area contributed by atoms with Crippen molar-refractivity contribution >= 4 is 23.2 Å². The lowest BCUT2D eigenvalue weighted by Crippen LogP contribution is -2.22. The minimum absolute atomic E-state index is 0.0284. The Labute approximate surface area is 71.4 Å². The second kappa shape index (κ2) is 5.21. The summed E-state index contributed by atoms with van der Waals surface area (Å²) in [5.41, 5.74) is 0. The Balaban J connectivity index is 3.73. The van der Waals surface area contributed by atoms with Crippen LogP contribution in [-0.2, 0) is 9.53 Å². The molecule has 0 aliphatic carbocycles. The number of esters is 1. The highest BCUT2D eigenvalue weighted by molar-refractivity contribution is 7.80. The van der Waals surface area contributed by atoms with E-state index in [1.165, 1.54) is 6.92 Å². The molecule has 0 saturated carbocycles. The molecule has 1 atom stereocenters. The van der Waals surface area contributed by atoms with Crippen molar-refractivity contribution in [3.05, 3.63) is 0 Å². The highest BCUT2D eigenvalue weighted by Crippen LogP contribution is 2.00. The zero-order valence-electron chi connectivity index (χ0n) is 6.66. The summed E-state index contributed by atoms with van der Waals surface area (Å²) in [6.07, 6.45) is 0.549. The van der Waals surface area contributed by atoms with E-state index in [-0.39, 0.29) is 5.05 Å². The Morgan fingerprint density at radius 3 is 2.64 bits per heavy atom. The summed E-state index contributed by atoms with van der Waals surface area (Å²) in [7, 11) is 0. The van der Waals surface area contributed by atoms with Crippen LogP contribution in [0.4, 0.5) is 0 Å². The van der Waals surface area contributed by atoms with Gasteiger partial charge in [-0.25, -0.2) is 0 Å². The summed E-state index contributed by atoms with van der Waals surface area (Å²) in [6.45, 7) is 3.17. The lowest BCUT2D eigenvalue weighted by Gasteiger charge is -2.08. The molecule has 1 N–H and O–H groups in total. The lowest BCUT2D eigenvalue weighted by atomic mass is 10.2. The minimum Gasteiger partial charge on any atom is -0.416 e. The van der Waals surface area contributed by atoms with Crippen LogP contribution in [-0.4, -0.2) is 22.2 Å². The average molecular weight is 176 g/mol. The third-order valence-corrected chi connectivity index (χ3v) is 1.43. The number of thiocarbonyl (C=S) groups is 1. The largest absolute Gasteiger partial charge is 0.416 e. The van der Waals surface area contributed by atoms with Crippen LogP contribution in [0.25, 0.3) is 0 Å². The first kappa shape index (κ1) is 10.5. The second-order valence-electron chi connectivity index (χ2n) is 2.22. The van der Waals surface area contributed by atoms with Gasteiger partial charge in [0.15, 0.2) is 5.05 Å². The van der Waals surface area contributed by atoms with Crippen molar-refractivity contribution in [3.8, 4) is 0 Å². The fourth-order valence-corrected chi connectivity index (χ4v) is 0.836. The first-order valence-electron chi connectivity index (χ1n) is 3.48. The van der Waals surface area contributed by atoms with E-state index in [9.17, 15) is 4.79 Å². The number of ether oxygens (including phenoxy) is 1. The summed E-state index contributed by atoms with van der Waals surface area (Å²) in [5.74, 6) is -0.481. The number of hydrogen-bond acceptors (Lipinski definition) is 4. The van der Waals surface area contributed by atoms with Gasteiger partial charge < -0.3 is 9.84 Å². The fraction of sp³-hybridized carbons (Fsp3) is 0.714. The number of carbonyl (C=O) groups is 1. The Morgan fingerprint density at radius 2 is 2.27 bits per heavy atom. The molecule has 0 bridgehead atoms. The van der Waals surface area contributed by atoms with Gasteiger partial charge in [0.1, 0.15) is 6.10 Å². The van der Waals surface area contributed by atoms with Crippen LogP contribution < -0.4 is 0 Å². The van der Waals surface area contributed by atoms with Gasteiger partial charge in [0.05, 0.1) is 0 Å². The third-order valence-electron chi connectivity index (χ3n) is 1.08. The first-order chi connectivity index (χ1) is 5.07. The first-order valence-corrected chi connectivity index (χ1v) is 3.89. The van der Waals surface area contributed by atoms with Crippen molar-refractivity contribution in [2.24, 2.45) is 0 Å². The predicted octanol–water partition coefficient (Wildman–Crippen LogP) is 1.04. The van der Waals surface area contributed by atoms with Crippen molar-refractivity contribution in [3.63, 3.8) is 0 Å². The maximum atomic E-state index is 10.3. The molecule has 0 rings (SSSR count). The molecule has 0 spiro atoms. The van der Waals surface area contributed by atoms with E-state index in [4.69, 9.17) is 5.11 Å². The monoisotopic (exact) mass is 176 g/mol. The standard InChI is InChI=1S/C7H12O3S/c1-3-4-6(9)7(11)10-5(2)8/h6,9H,3-4H2,1-2H3/t6-/m1/s1. The third kappa shape index (κ3) is 4.86. The van der Waals surface area contributed by atoms with Crippen molar-refractivity contribution in [2.45, 2.75) is 32.8 Å². The van der Waals surface area contributed by atoms with Crippen LogP contribution in [0.5, 0.6) is 0 Å². The van der Waals surface area contributed by atoms with Gasteiger partial charge in [-0.3, -0.25) is 4.79 Å². The summed E-state index contributed by atoms with van der Waals surface area (Å²) < 4.78 is 4.51. The molecule has 11 heavy (non-hydrogen) atoms. The van der Waals surface area contributed by atoms with Crippen molar-refractivity contribution in [2.75, 3.05) is 0 Å². The van der Waals surface area contributed by atoms with Crippen LogP contribution in [0.15, 0.2) is 0 Å². The van der Waals surface area contributed by atoms with Crippen molar-refractivity contribution in [1.29, 1.82) is 0 Å². The van der Waals surface area contributed by atoms with Crippen LogP contribution in [0, 0.1) is 0 Å². The molecule has 0 radical (unpaired) electrons. The second-order valence-corrected chi connectivity index (χ2v) is 2.62. The molecule has 0 aliphatic rings. The molecule has 0 aromatic heterocycles. The maximum Gasteiger partial charge on any atom is 0.308 e. The highest BCUT2D eigenvalue weighted by Gasteiger charge is 2.12. The zero-order chi connectivity index (χ0) is 8.85. The van der Waals surface area contributed by atoms with E-state index in [0.29, 0.717) is 6.42 Å². The Kier molecular flexibility index (Phi) is 4.98. The van der Waals surface area contributed by atoms with Crippen molar-refractivity contribution < 1.29 is 14.6 Å². The molecule has 4 heteroatoms. The Hall–Kier alpha value is -0.480. The van der Waals surface area contributed by atoms with Gasteiger partial charge >= 0.3 is 5.97 Å². The molecule has 3 nitrogen and oxygen atoms in total. The van der Waals surface area contributed by atoms with Crippen molar-refractivity contribution in [1.82, 2.24) is 0 Å². The molecule has 0 aromatic rings. The molecule has 0 amide bonds. The predicted molar refractivity (Wildman–Crippen MR) is 45.3 cm³/mol. The SMILES string of the molecule is CCC[C@@H](O)C(=S)OC(C)=O. The number of aliphatic hydroxyl groups is 1. The fourth-order valence-electron chi connectivity index (χ4n) is 0.601. The molecule has 0 heterocycles. The number of rotatable bonds is 3. The van der Waals surface area contributed by atoms with E-state index in [0.717, 1.165) is 6.42 Å². The van der Waals surface area contributed by atoms with Crippen LogP contribution in [0.1, 0.15) is 26.7 Å². The molecular weight excluding hydrogens is 164 g/mol. The number of hydrogen-bond donors (Lipinski definition) is 1. The van der Waals surface area contributed by atoms with Crippen LogP contribution in [0.3, 0.4) is 0 Å². The average Bonchev–Trinajstić information content (AvgIpc) is 1.86. The van der Waals surface area contributed by atoms with Gasteiger partial charge in [-0.1, -0.05) is 13.3 Å². The van der Waals surface area contributed by atoms with E-state index < -0.39 is 12.1 Å². The minimum atomic E-state index is -0.793. The molecule has 0 unspecified atom stereocenters. The Morgan fingerprint density at radius 1 is 1.73 bits per heavy atom. The van der Waals surface area contributed by atoms with E-state index in [1.54, 1.807) is 0 Å². The number of carbonyl (C=O) groups excluding carboxylic acids is 1. The van der Waals surface area contributed by atoms with E-state index in [2.05, 4.69) is 17.0 Å². The van der Waals surface area contributed by atoms with Gasteiger partial charge in [-0.15, -0.1) is 0 Å². The zero-order valence-corrected chi connectivity index (χ0v) is 7.48. The molecule has 0 aliphatic heterocycles. The van der Waals surface area contributed by atoms with Gasteiger partial charge in [0, 0.05) is 6.92 Å². The molecule has 64 valence electrons. The summed E-state index contributed by atoms with van der Waals surface area (Å²) in [4.78, 5) is 10.3. The lowest BCUT2D eigenvalue weighted by molar-refractivity contribution is -0.133. The summed E-state index contributed by atoms with van der Waals surface area (Å²) in [5, 5.41) is 9.12. The molecule has 0 fully saturated rings. The highest BCUT2D eigenvalue weighted by atomic mass is 32.1. The van der Waals surface area contributed by atoms with Gasteiger partial charge in [-0.05, 0) is 18.6 Å². The summed E-state index contributed by atoms with van der Waals surface area (Å²) >= 11 is 4.63. The number of aliphatic hydroxyl groups excluding tert-OH is 1. The van der Waals surface area contributed by atoms with E-state index >= 15 is 0 Å². The molecule has 0 saturated heterocycles. The van der Waals surface area contributed by atoms with Gasteiger partial charge in [0.2, 0.25) is 0 Å². The topological polar surface area (TPSA) is 46.5 Å². The van der Waals surface area contributed by atoms with Crippen LogP contribution >= 0.6 is 12.2 Å². The smallest absolute Gasteiger partial charge is 0.308 e. The molecular formula is C7H12O3S.